The normalized spacial score (nSPS) is 11.8. The first-order chi connectivity index (χ1) is 13.0. The Morgan fingerprint density at radius 3 is 2.63 bits per heavy atom. The van der Waals surface area contributed by atoms with Crippen LogP contribution in [0.3, 0.4) is 0 Å². The Hall–Kier alpha value is -2.15. The zero-order valence-electron chi connectivity index (χ0n) is 15.2. The van der Waals surface area contributed by atoms with Gasteiger partial charge in [-0.05, 0) is 37.5 Å². The van der Waals surface area contributed by atoms with Crippen LogP contribution < -0.4 is 10.6 Å². The number of hydrogen-bond acceptors (Lipinski definition) is 4. The van der Waals surface area contributed by atoms with Crippen molar-refractivity contribution in [2.24, 2.45) is 0 Å². The van der Waals surface area contributed by atoms with Crippen LogP contribution in [0.2, 0.25) is 0 Å². The van der Waals surface area contributed by atoms with Crippen molar-refractivity contribution in [3.8, 4) is 0 Å². The van der Waals surface area contributed by atoms with E-state index >= 15 is 0 Å². The Labute approximate surface area is 169 Å². The number of hydrogen-bond donors (Lipinski definition) is 3. The summed E-state index contributed by atoms with van der Waals surface area (Å²) in [7, 11) is 0. The molecule has 2 amide bonds. The van der Waals surface area contributed by atoms with Gasteiger partial charge in [-0.1, -0.05) is 31.4 Å². The predicted molar refractivity (Wildman–Crippen MR) is 113 cm³/mol. The first-order valence-corrected chi connectivity index (χ1v) is 9.92. The Balaban J connectivity index is 2.99. The summed E-state index contributed by atoms with van der Waals surface area (Å²) in [6, 6.07) is 3.83. The fourth-order valence-corrected chi connectivity index (χ4v) is 3.36. The van der Waals surface area contributed by atoms with Crippen LogP contribution in [0.4, 0.5) is 0 Å². The summed E-state index contributed by atoms with van der Waals surface area (Å²) in [5, 5.41) is 14.2. The topological polar surface area (TPSA) is 78.4 Å². The van der Waals surface area contributed by atoms with Crippen LogP contribution in [0, 0.1) is 0 Å². The van der Waals surface area contributed by atoms with E-state index in [-0.39, 0.29) is 12.3 Å². The lowest BCUT2D eigenvalue weighted by Crippen LogP contribution is -2.35. The fourth-order valence-electron chi connectivity index (χ4n) is 2.09. The molecule has 7 heteroatoms. The average molecular weight is 409 g/mol. The van der Waals surface area contributed by atoms with Crippen molar-refractivity contribution < 1.29 is 14.7 Å². The minimum absolute atomic E-state index is 0.0723. The summed E-state index contributed by atoms with van der Waals surface area (Å²) in [4.78, 5) is 26.8. The number of unbranched alkanes of at least 4 members (excludes halogenated alkanes) is 1. The quantitative estimate of drug-likeness (QED) is 0.215. The Bertz CT molecular complexity index is 723. The molecule has 0 aromatic carbocycles. The molecular weight excluding hydrogens is 384 g/mol. The van der Waals surface area contributed by atoms with E-state index < -0.39 is 11.8 Å². The number of amides is 2. The molecular formula is C20H25ClN2O3S. The SMILES string of the molecule is C=C/C=C(\C=C)C(=O)N/C(=C\c1ccc(CCCl)s1)C(=O)NCCCCO. The molecule has 0 saturated carbocycles. The number of aryl methyl sites for hydroxylation is 1. The van der Waals surface area contributed by atoms with Crippen LogP contribution in [0.1, 0.15) is 22.6 Å². The highest BCUT2D eigenvalue weighted by molar-refractivity contribution is 7.12. The zero-order chi connectivity index (χ0) is 20.1. The van der Waals surface area contributed by atoms with Crippen molar-refractivity contribution in [1.82, 2.24) is 10.6 Å². The third-order valence-corrected chi connectivity index (χ3v) is 4.73. The first kappa shape index (κ1) is 22.9. The van der Waals surface area contributed by atoms with Crippen molar-refractivity contribution in [2.75, 3.05) is 19.0 Å². The number of allylic oxidation sites excluding steroid dienone is 2. The summed E-state index contributed by atoms with van der Waals surface area (Å²) in [5.74, 6) is -0.317. The number of alkyl halides is 1. The maximum Gasteiger partial charge on any atom is 0.267 e. The highest BCUT2D eigenvalue weighted by Gasteiger charge is 2.15. The Morgan fingerprint density at radius 2 is 2.00 bits per heavy atom. The van der Waals surface area contributed by atoms with E-state index in [1.807, 2.05) is 12.1 Å². The van der Waals surface area contributed by atoms with Gasteiger partial charge in [-0.2, -0.15) is 0 Å². The van der Waals surface area contributed by atoms with Crippen molar-refractivity contribution in [2.45, 2.75) is 19.3 Å². The molecule has 146 valence electrons. The lowest BCUT2D eigenvalue weighted by Gasteiger charge is -2.11. The highest BCUT2D eigenvalue weighted by atomic mass is 35.5. The molecule has 1 rings (SSSR count). The Morgan fingerprint density at radius 1 is 1.22 bits per heavy atom. The molecule has 0 aliphatic rings. The largest absolute Gasteiger partial charge is 0.396 e. The number of aliphatic hydroxyl groups is 1. The summed E-state index contributed by atoms with van der Waals surface area (Å²) < 4.78 is 0. The van der Waals surface area contributed by atoms with Crippen molar-refractivity contribution in [3.63, 3.8) is 0 Å². The van der Waals surface area contributed by atoms with Gasteiger partial charge in [0, 0.05) is 34.4 Å². The standard InChI is InChI=1S/C20H25ClN2O3S/c1-3-7-15(4-2)19(25)23-18(20(26)22-12-5-6-13-24)14-17-9-8-16(27-17)10-11-21/h3-4,7-9,14,24H,1-2,5-6,10-13H2,(H,22,26)(H,23,25)/b15-7+,18-14-. The molecule has 3 N–H and O–H groups in total. The fraction of sp³-hybridized carbons (Fsp3) is 0.300. The minimum atomic E-state index is -0.445. The number of thiophene rings is 1. The van der Waals surface area contributed by atoms with Crippen molar-refractivity contribution in [3.05, 3.63) is 64.5 Å². The number of aliphatic hydroxyl groups excluding tert-OH is 1. The van der Waals surface area contributed by atoms with Gasteiger partial charge >= 0.3 is 0 Å². The minimum Gasteiger partial charge on any atom is -0.396 e. The maximum absolute atomic E-state index is 12.5. The number of carbonyl (C=O) groups excluding carboxylic acids is 2. The second kappa shape index (κ2) is 13.1. The molecule has 0 spiro atoms. The van der Waals surface area contributed by atoms with Crippen LogP contribution in [0.25, 0.3) is 6.08 Å². The van der Waals surface area contributed by atoms with Gasteiger partial charge in [0.25, 0.3) is 11.8 Å². The lowest BCUT2D eigenvalue weighted by atomic mass is 10.2. The molecule has 0 fully saturated rings. The number of nitrogens with one attached hydrogen (secondary N) is 2. The molecule has 0 saturated heterocycles. The molecule has 0 aliphatic carbocycles. The third kappa shape index (κ3) is 8.39. The van der Waals surface area contributed by atoms with Crippen LogP contribution in [0.15, 0.2) is 54.8 Å². The molecule has 0 atom stereocenters. The van der Waals surface area contributed by atoms with E-state index in [1.54, 1.807) is 6.08 Å². The number of rotatable bonds is 12. The molecule has 0 radical (unpaired) electrons. The molecule has 27 heavy (non-hydrogen) atoms. The van der Waals surface area contributed by atoms with Gasteiger partial charge in [0.2, 0.25) is 0 Å². The smallest absolute Gasteiger partial charge is 0.267 e. The van der Waals surface area contributed by atoms with Crippen LogP contribution >= 0.6 is 22.9 Å². The van der Waals surface area contributed by atoms with E-state index in [0.717, 1.165) is 16.2 Å². The maximum atomic E-state index is 12.5. The first-order valence-electron chi connectivity index (χ1n) is 8.57. The molecule has 0 aliphatic heterocycles. The summed E-state index contributed by atoms with van der Waals surface area (Å²) >= 11 is 7.27. The van der Waals surface area contributed by atoms with Gasteiger partial charge in [-0.15, -0.1) is 22.9 Å². The van der Waals surface area contributed by atoms with E-state index in [9.17, 15) is 9.59 Å². The van der Waals surface area contributed by atoms with Crippen LogP contribution in [-0.2, 0) is 16.0 Å². The number of carbonyl (C=O) groups is 2. The zero-order valence-corrected chi connectivity index (χ0v) is 16.7. The summed E-state index contributed by atoms with van der Waals surface area (Å²) in [5.41, 5.74) is 0.443. The third-order valence-electron chi connectivity index (χ3n) is 3.45. The second-order valence-electron chi connectivity index (χ2n) is 5.50. The molecule has 0 bridgehead atoms. The van der Waals surface area contributed by atoms with E-state index in [4.69, 9.17) is 16.7 Å². The van der Waals surface area contributed by atoms with Crippen molar-refractivity contribution >= 4 is 40.8 Å². The molecule has 1 aromatic rings. The van der Waals surface area contributed by atoms with E-state index in [0.29, 0.717) is 30.8 Å². The monoisotopic (exact) mass is 408 g/mol. The Kier molecular flexibility index (Phi) is 11.1. The van der Waals surface area contributed by atoms with Gasteiger partial charge in [0.15, 0.2) is 0 Å². The molecule has 1 aromatic heterocycles. The van der Waals surface area contributed by atoms with Gasteiger partial charge in [-0.3, -0.25) is 9.59 Å². The highest BCUT2D eigenvalue weighted by Crippen LogP contribution is 2.20. The van der Waals surface area contributed by atoms with Crippen LogP contribution in [0.5, 0.6) is 0 Å². The van der Waals surface area contributed by atoms with Gasteiger partial charge in [-0.25, -0.2) is 0 Å². The predicted octanol–water partition coefficient (Wildman–Crippen LogP) is 3.17. The summed E-state index contributed by atoms with van der Waals surface area (Å²) in [6.45, 7) is 7.64. The molecule has 5 nitrogen and oxygen atoms in total. The second-order valence-corrected chi connectivity index (χ2v) is 7.08. The number of halogens is 1. The van der Waals surface area contributed by atoms with Crippen LogP contribution in [-0.4, -0.2) is 36.0 Å². The van der Waals surface area contributed by atoms with Gasteiger partial charge in [0.05, 0.1) is 0 Å². The molecule has 1 heterocycles. The van der Waals surface area contributed by atoms with Gasteiger partial charge in [0.1, 0.15) is 5.70 Å². The van der Waals surface area contributed by atoms with Gasteiger partial charge < -0.3 is 15.7 Å². The average Bonchev–Trinajstić information content (AvgIpc) is 3.09. The lowest BCUT2D eigenvalue weighted by molar-refractivity contribution is -0.121. The van der Waals surface area contributed by atoms with E-state index in [1.165, 1.54) is 29.6 Å². The van der Waals surface area contributed by atoms with Crippen molar-refractivity contribution in [1.29, 1.82) is 0 Å². The van der Waals surface area contributed by atoms with E-state index in [2.05, 4.69) is 23.8 Å². The molecule has 0 unspecified atom stereocenters. The summed E-state index contributed by atoms with van der Waals surface area (Å²) in [6.07, 6.45) is 8.03.